The van der Waals surface area contributed by atoms with Gasteiger partial charge < -0.3 is 14.2 Å². The molecule has 0 saturated carbocycles. The average molecular weight is 437 g/mol. The fourth-order valence-electron chi connectivity index (χ4n) is 3.69. The lowest BCUT2D eigenvalue weighted by molar-refractivity contribution is -0.143. The summed E-state index contributed by atoms with van der Waals surface area (Å²) in [5.41, 5.74) is 0.604. The molecular weight excluding hydrogens is 411 g/mol. The van der Waals surface area contributed by atoms with Crippen molar-refractivity contribution in [3.63, 3.8) is 0 Å². The highest BCUT2D eigenvalue weighted by atomic mass is 19.4. The van der Waals surface area contributed by atoms with Crippen molar-refractivity contribution in [2.75, 3.05) is 33.4 Å². The molecule has 31 heavy (non-hydrogen) atoms. The monoisotopic (exact) mass is 437 g/mol. The van der Waals surface area contributed by atoms with Gasteiger partial charge in [-0.05, 0) is 42.7 Å². The summed E-state index contributed by atoms with van der Waals surface area (Å²) in [5, 5.41) is 0. The lowest BCUT2D eigenvalue weighted by Gasteiger charge is -2.37. The van der Waals surface area contributed by atoms with Crippen LogP contribution in [0.15, 0.2) is 48.5 Å². The zero-order valence-electron chi connectivity index (χ0n) is 17.5. The molecule has 3 rings (SSSR count). The summed E-state index contributed by atoms with van der Waals surface area (Å²) in [6.07, 6.45) is -4.31. The molecule has 2 aromatic carbocycles. The summed E-state index contributed by atoms with van der Waals surface area (Å²) in [5.74, 6) is 0.115. The molecule has 5 nitrogen and oxygen atoms in total. The van der Waals surface area contributed by atoms with Gasteiger partial charge in [0.1, 0.15) is 5.75 Å². The van der Waals surface area contributed by atoms with Crippen LogP contribution in [0.5, 0.6) is 5.75 Å². The number of hydrogen-bond donors (Lipinski definition) is 0. The van der Waals surface area contributed by atoms with Crippen molar-refractivity contribution in [1.29, 1.82) is 0 Å². The molecule has 1 fully saturated rings. The number of esters is 1. The van der Waals surface area contributed by atoms with Crippen LogP contribution in [0.4, 0.5) is 13.2 Å². The van der Waals surface area contributed by atoms with Crippen LogP contribution >= 0.6 is 0 Å². The summed E-state index contributed by atoms with van der Waals surface area (Å²) < 4.78 is 55.8. The van der Waals surface area contributed by atoms with Crippen LogP contribution in [0.2, 0.25) is 0 Å². The van der Waals surface area contributed by atoms with Gasteiger partial charge >= 0.3 is 12.1 Å². The van der Waals surface area contributed by atoms with Gasteiger partial charge in [0.15, 0.2) is 6.61 Å². The third-order valence-electron chi connectivity index (χ3n) is 5.37. The first-order valence-corrected chi connectivity index (χ1v) is 10.1. The second-order valence-electron chi connectivity index (χ2n) is 7.50. The van der Waals surface area contributed by atoms with E-state index in [0.717, 1.165) is 18.1 Å². The number of ether oxygens (including phenoxy) is 3. The Hall–Kier alpha value is -2.58. The zero-order chi connectivity index (χ0) is 22.4. The minimum atomic E-state index is -4.41. The van der Waals surface area contributed by atoms with E-state index in [0.29, 0.717) is 25.4 Å². The maximum atomic E-state index is 13.4. The largest absolute Gasteiger partial charge is 0.482 e. The zero-order valence-corrected chi connectivity index (χ0v) is 17.5. The van der Waals surface area contributed by atoms with Gasteiger partial charge in [-0.25, -0.2) is 4.79 Å². The average Bonchev–Trinajstić information content (AvgIpc) is 2.78. The molecule has 8 heteroatoms. The van der Waals surface area contributed by atoms with Gasteiger partial charge in [-0.2, -0.15) is 13.2 Å². The number of halogens is 3. The van der Waals surface area contributed by atoms with Crippen LogP contribution in [-0.2, 0) is 26.9 Å². The standard InChI is InChI=1S/C23H26F3NO4/c1-16(13-17-7-9-18(10-8-17)31-15-22(28)29-2)27-11-12-30-21(14-27)19-5-3-4-6-20(19)23(24,25)26/h3-10,16,21H,11-15H2,1-2H3. The van der Waals surface area contributed by atoms with Crippen molar-refractivity contribution in [2.45, 2.75) is 31.7 Å². The van der Waals surface area contributed by atoms with E-state index in [4.69, 9.17) is 9.47 Å². The number of carbonyl (C=O) groups is 1. The number of rotatable bonds is 7. The number of alkyl halides is 3. The third-order valence-corrected chi connectivity index (χ3v) is 5.37. The number of methoxy groups -OCH3 is 1. The topological polar surface area (TPSA) is 48.0 Å². The molecule has 0 spiro atoms. The lowest BCUT2D eigenvalue weighted by Crippen LogP contribution is -2.44. The van der Waals surface area contributed by atoms with Gasteiger partial charge in [-0.15, -0.1) is 0 Å². The minimum absolute atomic E-state index is 0.117. The molecule has 2 aromatic rings. The van der Waals surface area contributed by atoms with Gasteiger partial charge in [0.25, 0.3) is 0 Å². The Balaban J connectivity index is 1.62. The third kappa shape index (κ3) is 6.21. The highest BCUT2D eigenvalue weighted by Crippen LogP contribution is 2.36. The molecule has 2 unspecified atom stereocenters. The van der Waals surface area contributed by atoms with E-state index in [2.05, 4.69) is 16.6 Å². The summed E-state index contributed by atoms with van der Waals surface area (Å²) in [7, 11) is 1.30. The van der Waals surface area contributed by atoms with Crippen LogP contribution in [0.25, 0.3) is 0 Å². The predicted molar refractivity (Wildman–Crippen MR) is 109 cm³/mol. The van der Waals surface area contributed by atoms with Gasteiger partial charge in [0, 0.05) is 19.1 Å². The van der Waals surface area contributed by atoms with Crippen molar-refractivity contribution >= 4 is 5.97 Å². The first kappa shape index (κ1) is 23.1. The molecule has 0 amide bonds. The first-order chi connectivity index (χ1) is 14.8. The normalized spacial score (nSPS) is 18.4. The van der Waals surface area contributed by atoms with Crippen LogP contribution < -0.4 is 4.74 Å². The van der Waals surface area contributed by atoms with Crippen LogP contribution in [0.3, 0.4) is 0 Å². The van der Waals surface area contributed by atoms with Gasteiger partial charge in [-0.3, -0.25) is 4.90 Å². The summed E-state index contributed by atoms with van der Waals surface area (Å²) in [4.78, 5) is 13.3. The molecule has 0 aliphatic carbocycles. The Morgan fingerprint density at radius 2 is 1.90 bits per heavy atom. The van der Waals surface area contributed by atoms with Gasteiger partial charge in [-0.1, -0.05) is 30.3 Å². The predicted octanol–water partition coefficient (Wildman–Crippen LogP) is 4.26. The fourth-order valence-corrected chi connectivity index (χ4v) is 3.69. The number of hydrogen-bond acceptors (Lipinski definition) is 5. The number of nitrogens with zero attached hydrogens (tertiary/aromatic N) is 1. The second kappa shape index (κ2) is 10.2. The minimum Gasteiger partial charge on any atom is -0.482 e. The molecule has 1 saturated heterocycles. The van der Waals surface area contributed by atoms with Crippen molar-refractivity contribution in [3.8, 4) is 5.75 Å². The molecule has 2 atom stereocenters. The maximum absolute atomic E-state index is 13.4. The van der Waals surface area contributed by atoms with Crippen molar-refractivity contribution in [2.24, 2.45) is 0 Å². The molecule has 0 N–H and O–H groups in total. The lowest BCUT2D eigenvalue weighted by atomic mass is 9.99. The van der Waals surface area contributed by atoms with E-state index in [-0.39, 0.29) is 18.2 Å². The molecule has 0 bridgehead atoms. The summed E-state index contributed by atoms with van der Waals surface area (Å²) in [6.45, 7) is 3.34. The highest BCUT2D eigenvalue weighted by Gasteiger charge is 2.36. The molecule has 0 radical (unpaired) electrons. The SMILES string of the molecule is COC(=O)COc1ccc(CC(C)N2CCOC(c3ccccc3C(F)(F)F)C2)cc1. The molecule has 1 heterocycles. The Morgan fingerprint density at radius 3 is 2.58 bits per heavy atom. The highest BCUT2D eigenvalue weighted by molar-refractivity contribution is 5.70. The van der Waals surface area contributed by atoms with E-state index in [1.807, 2.05) is 12.1 Å². The Labute approximate surface area is 179 Å². The van der Waals surface area contributed by atoms with Crippen molar-refractivity contribution in [3.05, 3.63) is 65.2 Å². The van der Waals surface area contributed by atoms with Crippen LogP contribution in [0, 0.1) is 0 Å². The maximum Gasteiger partial charge on any atom is 0.416 e. The molecule has 1 aliphatic rings. The first-order valence-electron chi connectivity index (χ1n) is 10.1. The molecule has 0 aromatic heterocycles. The Morgan fingerprint density at radius 1 is 1.19 bits per heavy atom. The van der Waals surface area contributed by atoms with E-state index in [1.54, 1.807) is 18.2 Å². The summed E-state index contributed by atoms with van der Waals surface area (Å²) >= 11 is 0. The molecule has 1 aliphatic heterocycles. The Kier molecular flexibility index (Phi) is 7.56. The van der Waals surface area contributed by atoms with Crippen LogP contribution in [0.1, 0.15) is 29.7 Å². The smallest absolute Gasteiger partial charge is 0.416 e. The molecular formula is C23H26F3NO4. The van der Waals surface area contributed by atoms with E-state index in [1.165, 1.54) is 19.2 Å². The van der Waals surface area contributed by atoms with Gasteiger partial charge in [0.05, 0.1) is 25.4 Å². The van der Waals surface area contributed by atoms with Crippen molar-refractivity contribution < 1.29 is 32.2 Å². The number of carbonyl (C=O) groups excluding carboxylic acids is 1. The number of benzene rings is 2. The van der Waals surface area contributed by atoms with E-state index >= 15 is 0 Å². The summed E-state index contributed by atoms with van der Waals surface area (Å²) in [6, 6.07) is 13.1. The Bertz CT molecular complexity index is 870. The van der Waals surface area contributed by atoms with Gasteiger partial charge in [0.2, 0.25) is 0 Å². The second-order valence-corrected chi connectivity index (χ2v) is 7.50. The molecule has 168 valence electrons. The quantitative estimate of drug-likeness (QED) is 0.606. The van der Waals surface area contributed by atoms with Crippen LogP contribution in [-0.4, -0.2) is 50.3 Å². The van der Waals surface area contributed by atoms with Crippen molar-refractivity contribution in [1.82, 2.24) is 4.90 Å². The van der Waals surface area contributed by atoms with E-state index in [9.17, 15) is 18.0 Å². The van der Waals surface area contributed by atoms with E-state index < -0.39 is 23.8 Å². The number of morpholine rings is 1. The fraction of sp³-hybridized carbons (Fsp3) is 0.435.